The second-order valence-electron chi connectivity index (χ2n) is 5.16. The van der Waals surface area contributed by atoms with Crippen molar-refractivity contribution in [2.45, 2.75) is 32.3 Å². The maximum absolute atomic E-state index is 12.0. The Morgan fingerprint density at radius 2 is 2.00 bits per heavy atom. The monoisotopic (exact) mass is 296 g/mol. The Morgan fingerprint density at radius 3 is 2.55 bits per heavy atom. The Morgan fingerprint density at radius 1 is 1.30 bits per heavy atom. The maximum Gasteiger partial charge on any atom is 0.177 e. The molecule has 1 unspecified atom stereocenters. The summed E-state index contributed by atoms with van der Waals surface area (Å²) in [5, 5.41) is 0. The molecule has 0 saturated carbocycles. The number of carbonyl (C=O) groups excluding carboxylic acids is 1. The third-order valence-electron chi connectivity index (χ3n) is 3.50. The topological polar surface area (TPSA) is 60.4 Å². The minimum Gasteiger partial charge on any atom is -0.377 e. The highest BCUT2D eigenvalue weighted by Crippen LogP contribution is 2.15. The molecule has 1 atom stereocenters. The molecule has 1 aromatic rings. The fraction of sp³-hybridized carbons (Fsp3) is 0.533. The summed E-state index contributed by atoms with van der Waals surface area (Å²) in [5.41, 5.74) is 1.59. The average molecular weight is 296 g/mol. The van der Waals surface area contributed by atoms with Crippen molar-refractivity contribution in [2.75, 3.05) is 18.1 Å². The summed E-state index contributed by atoms with van der Waals surface area (Å²) in [4.78, 5) is 12.0. The van der Waals surface area contributed by atoms with E-state index in [1.165, 1.54) is 0 Å². The number of hydrogen-bond acceptors (Lipinski definition) is 4. The number of ketones is 1. The molecule has 1 aliphatic rings. The standard InChI is InChI=1S/C15H20O4S/c1-2-12-5-7-13(8-6-12)15(16)11-20(17,18)10-14-4-3-9-19-14/h5-8,14H,2-4,9-11H2,1H3. The van der Waals surface area contributed by atoms with E-state index in [-0.39, 0.29) is 17.6 Å². The van der Waals surface area contributed by atoms with E-state index in [2.05, 4.69) is 0 Å². The Kier molecular flexibility index (Phi) is 4.94. The van der Waals surface area contributed by atoms with Gasteiger partial charge in [0.25, 0.3) is 0 Å². The van der Waals surface area contributed by atoms with Gasteiger partial charge in [0.1, 0.15) is 5.75 Å². The smallest absolute Gasteiger partial charge is 0.177 e. The Hall–Kier alpha value is -1.20. The number of benzene rings is 1. The van der Waals surface area contributed by atoms with Crippen LogP contribution in [-0.2, 0) is 21.0 Å². The lowest BCUT2D eigenvalue weighted by atomic mass is 10.1. The van der Waals surface area contributed by atoms with Gasteiger partial charge in [0.05, 0.1) is 11.9 Å². The van der Waals surface area contributed by atoms with Crippen molar-refractivity contribution >= 4 is 15.6 Å². The van der Waals surface area contributed by atoms with Crippen molar-refractivity contribution in [3.05, 3.63) is 35.4 Å². The zero-order valence-electron chi connectivity index (χ0n) is 11.7. The normalized spacial score (nSPS) is 19.1. The number of hydrogen-bond donors (Lipinski definition) is 0. The van der Waals surface area contributed by atoms with Crippen LogP contribution in [0, 0.1) is 0 Å². The molecule has 0 amide bonds. The molecule has 0 bridgehead atoms. The second kappa shape index (κ2) is 6.50. The number of sulfone groups is 1. The molecular formula is C15H20O4S. The van der Waals surface area contributed by atoms with Crippen LogP contribution in [-0.4, -0.2) is 38.4 Å². The van der Waals surface area contributed by atoms with Crippen LogP contribution in [0.3, 0.4) is 0 Å². The molecule has 0 aliphatic carbocycles. The number of Topliss-reactive ketones (excluding diaryl/α,β-unsaturated/α-hetero) is 1. The van der Waals surface area contributed by atoms with Crippen LogP contribution < -0.4 is 0 Å². The molecule has 0 aromatic heterocycles. The summed E-state index contributed by atoms with van der Waals surface area (Å²) < 4.78 is 29.3. The fourth-order valence-corrected chi connectivity index (χ4v) is 3.84. The first-order valence-corrected chi connectivity index (χ1v) is 8.76. The number of carbonyl (C=O) groups is 1. The minimum atomic E-state index is -3.40. The van der Waals surface area contributed by atoms with Gasteiger partial charge in [-0.15, -0.1) is 0 Å². The molecular weight excluding hydrogens is 276 g/mol. The van der Waals surface area contributed by atoms with Crippen molar-refractivity contribution in [2.24, 2.45) is 0 Å². The van der Waals surface area contributed by atoms with Crippen LogP contribution in [0.4, 0.5) is 0 Å². The lowest BCUT2D eigenvalue weighted by Crippen LogP contribution is -2.26. The average Bonchev–Trinajstić information content (AvgIpc) is 2.90. The highest BCUT2D eigenvalue weighted by Gasteiger charge is 2.25. The van der Waals surface area contributed by atoms with Gasteiger partial charge in [-0.05, 0) is 24.8 Å². The number of ether oxygens (including phenoxy) is 1. The third-order valence-corrected chi connectivity index (χ3v) is 5.08. The van der Waals surface area contributed by atoms with Crippen LogP contribution in [0.5, 0.6) is 0 Å². The molecule has 20 heavy (non-hydrogen) atoms. The predicted octanol–water partition coefficient (Wildman–Crippen LogP) is 2.03. The molecule has 0 radical (unpaired) electrons. The molecule has 1 aliphatic heterocycles. The molecule has 5 heteroatoms. The van der Waals surface area contributed by atoms with Crippen molar-refractivity contribution < 1.29 is 17.9 Å². The van der Waals surface area contributed by atoms with Gasteiger partial charge in [0.2, 0.25) is 0 Å². The molecule has 110 valence electrons. The van der Waals surface area contributed by atoms with Gasteiger partial charge in [-0.2, -0.15) is 0 Å². The van der Waals surface area contributed by atoms with E-state index in [9.17, 15) is 13.2 Å². The number of aryl methyl sites for hydroxylation is 1. The third kappa shape index (κ3) is 4.15. The van der Waals surface area contributed by atoms with Gasteiger partial charge in [-0.25, -0.2) is 8.42 Å². The van der Waals surface area contributed by atoms with E-state index in [1.54, 1.807) is 12.1 Å². The van der Waals surface area contributed by atoms with E-state index in [0.717, 1.165) is 24.8 Å². The molecule has 4 nitrogen and oxygen atoms in total. The predicted molar refractivity (Wildman–Crippen MR) is 77.8 cm³/mol. The van der Waals surface area contributed by atoms with E-state index < -0.39 is 15.6 Å². The molecule has 0 spiro atoms. The molecule has 2 rings (SSSR count). The minimum absolute atomic E-state index is 0.0498. The summed E-state index contributed by atoms with van der Waals surface area (Å²) in [6.07, 6.45) is 2.31. The first-order chi connectivity index (χ1) is 9.50. The Bertz CT molecular complexity index is 554. The van der Waals surface area contributed by atoms with Crippen molar-refractivity contribution in [3.63, 3.8) is 0 Å². The van der Waals surface area contributed by atoms with E-state index >= 15 is 0 Å². The first kappa shape index (κ1) is 15.2. The van der Waals surface area contributed by atoms with Crippen LogP contribution in [0.1, 0.15) is 35.7 Å². The quantitative estimate of drug-likeness (QED) is 0.754. The molecule has 1 saturated heterocycles. The maximum atomic E-state index is 12.0. The lowest BCUT2D eigenvalue weighted by Gasteiger charge is -2.09. The van der Waals surface area contributed by atoms with E-state index in [4.69, 9.17) is 4.74 Å². The Balaban J connectivity index is 1.98. The van der Waals surface area contributed by atoms with Crippen LogP contribution >= 0.6 is 0 Å². The zero-order chi connectivity index (χ0) is 14.6. The summed E-state index contributed by atoms with van der Waals surface area (Å²) in [5.74, 6) is -0.824. The molecule has 0 N–H and O–H groups in total. The van der Waals surface area contributed by atoms with Gasteiger partial charge >= 0.3 is 0 Å². The van der Waals surface area contributed by atoms with E-state index in [0.29, 0.717) is 12.2 Å². The molecule has 1 heterocycles. The largest absolute Gasteiger partial charge is 0.377 e. The number of rotatable bonds is 6. The molecule has 1 aromatic carbocycles. The van der Waals surface area contributed by atoms with Gasteiger partial charge < -0.3 is 4.74 Å². The van der Waals surface area contributed by atoms with Crippen molar-refractivity contribution in [3.8, 4) is 0 Å². The van der Waals surface area contributed by atoms with Crippen molar-refractivity contribution in [1.82, 2.24) is 0 Å². The SMILES string of the molecule is CCc1ccc(C(=O)CS(=O)(=O)CC2CCCO2)cc1. The fourth-order valence-electron chi connectivity index (χ4n) is 2.33. The van der Waals surface area contributed by atoms with Crippen LogP contribution in [0.2, 0.25) is 0 Å². The van der Waals surface area contributed by atoms with Gasteiger partial charge in [0, 0.05) is 12.2 Å². The summed E-state index contributed by atoms with van der Waals surface area (Å²) in [7, 11) is -3.40. The first-order valence-electron chi connectivity index (χ1n) is 6.94. The zero-order valence-corrected chi connectivity index (χ0v) is 12.5. The van der Waals surface area contributed by atoms with Gasteiger partial charge in [0.15, 0.2) is 15.6 Å². The highest BCUT2D eigenvalue weighted by atomic mass is 32.2. The van der Waals surface area contributed by atoms with E-state index in [1.807, 2.05) is 19.1 Å². The second-order valence-corrected chi connectivity index (χ2v) is 7.27. The lowest BCUT2D eigenvalue weighted by molar-refractivity contribution is 0.102. The summed E-state index contributed by atoms with van der Waals surface area (Å²) in [6.45, 7) is 2.65. The van der Waals surface area contributed by atoms with Crippen LogP contribution in [0.15, 0.2) is 24.3 Å². The summed E-state index contributed by atoms with van der Waals surface area (Å²) in [6, 6.07) is 7.12. The summed E-state index contributed by atoms with van der Waals surface area (Å²) >= 11 is 0. The molecule has 1 fully saturated rings. The van der Waals surface area contributed by atoms with Crippen molar-refractivity contribution in [1.29, 1.82) is 0 Å². The Labute approximate surface area is 120 Å². The van der Waals surface area contributed by atoms with Gasteiger partial charge in [-0.1, -0.05) is 31.2 Å². The highest BCUT2D eigenvalue weighted by molar-refractivity contribution is 7.92. The van der Waals surface area contributed by atoms with Gasteiger partial charge in [-0.3, -0.25) is 4.79 Å². The van der Waals surface area contributed by atoms with Crippen LogP contribution in [0.25, 0.3) is 0 Å².